The first kappa shape index (κ1) is 13.7. The van der Waals surface area contributed by atoms with Gasteiger partial charge in [0.2, 0.25) is 0 Å². The summed E-state index contributed by atoms with van der Waals surface area (Å²) in [5, 5.41) is 0.844. The van der Waals surface area contributed by atoms with Crippen molar-refractivity contribution in [1.29, 1.82) is 0 Å². The third-order valence-corrected chi connectivity index (χ3v) is 3.54. The van der Waals surface area contributed by atoms with Crippen molar-refractivity contribution in [3.05, 3.63) is 49.8 Å². The molecule has 2 N–H and O–H groups in total. The van der Waals surface area contributed by atoms with E-state index in [9.17, 15) is 4.39 Å². The fourth-order valence-electron chi connectivity index (χ4n) is 1.31. The zero-order valence-corrected chi connectivity index (χ0v) is 12.6. The van der Waals surface area contributed by atoms with Gasteiger partial charge in [-0.05, 0) is 40.8 Å². The van der Waals surface area contributed by atoms with Crippen LogP contribution in [0.5, 0.6) is 11.5 Å². The van der Waals surface area contributed by atoms with Crippen LogP contribution in [0, 0.1) is 9.39 Å². The lowest BCUT2D eigenvalue weighted by atomic mass is 10.3. The van der Waals surface area contributed by atoms with Gasteiger partial charge in [-0.1, -0.05) is 23.2 Å². The van der Waals surface area contributed by atoms with E-state index in [4.69, 9.17) is 33.7 Å². The third kappa shape index (κ3) is 2.99. The molecule has 0 unspecified atom stereocenters. The van der Waals surface area contributed by atoms with Gasteiger partial charge in [0.15, 0.2) is 5.75 Å². The van der Waals surface area contributed by atoms with Gasteiger partial charge < -0.3 is 10.5 Å². The highest BCUT2D eigenvalue weighted by Crippen LogP contribution is 2.35. The SMILES string of the molecule is Nc1cc(I)c(F)cc1Oc1cc(Cl)ccc1Cl. The number of rotatable bonds is 2. The molecule has 0 spiro atoms. The molecule has 2 nitrogen and oxygen atoms in total. The fraction of sp³-hybridized carbons (Fsp3) is 0. The molecule has 0 amide bonds. The lowest BCUT2D eigenvalue weighted by Crippen LogP contribution is -1.95. The van der Waals surface area contributed by atoms with Crippen LogP contribution in [0.4, 0.5) is 10.1 Å². The van der Waals surface area contributed by atoms with Crippen molar-refractivity contribution in [2.24, 2.45) is 0 Å². The second-order valence-electron chi connectivity index (χ2n) is 3.48. The molecule has 0 atom stereocenters. The molecular weight excluding hydrogens is 391 g/mol. The molecule has 0 radical (unpaired) electrons. The van der Waals surface area contributed by atoms with Crippen LogP contribution < -0.4 is 10.5 Å². The number of halogens is 4. The molecule has 2 rings (SSSR count). The molecule has 0 heterocycles. The van der Waals surface area contributed by atoms with Crippen LogP contribution in [0.2, 0.25) is 10.0 Å². The Morgan fingerprint density at radius 2 is 1.83 bits per heavy atom. The van der Waals surface area contributed by atoms with E-state index < -0.39 is 5.82 Å². The number of anilines is 1. The zero-order chi connectivity index (χ0) is 13.3. The van der Waals surface area contributed by atoms with Crippen molar-refractivity contribution in [2.45, 2.75) is 0 Å². The summed E-state index contributed by atoms with van der Waals surface area (Å²) in [6, 6.07) is 7.48. The Bertz CT molecular complexity index is 607. The lowest BCUT2D eigenvalue weighted by molar-refractivity contribution is 0.479. The van der Waals surface area contributed by atoms with Crippen LogP contribution in [0.3, 0.4) is 0 Å². The van der Waals surface area contributed by atoms with Gasteiger partial charge in [-0.25, -0.2) is 4.39 Å². The quantitative estimate of drug-likeness (QED) is 0.564. The molecule has 0 aliphatic carbocycles. The number of nitrogens with two attached hydrogens (primary N) is 1. The molecule has 2 aromatic carbocycles. The topological polar surface area (TPSA) is 35.2 Å². The van der Waals surface area contributed by atoms with Gasteiger partial charge in [0.25, 0.3) is 0 Å². The summed E-state index contributed by atoms with van der Waals surface area (Å²) in [4.78, 5) is 0. The van der Waals surface area contributed by atoms with E-state index in [1.54, 1.807) is 18.2 Å². The van der Waals surface area contributed by atoms with Crippen molar-refractivity contribution in [3.8, 4) is 11.5 Å². The molecule has 0 aliphatic rings. The monoisotopic (exact) mass is 397 g/mol. The zero-order valence-electron chi connectivity index (χ0n) is 8.88. The summed E-state index contributed by atoms with van der Waals surface area (Å²) in [5.74, 6) is 0.131. The lowest BCUT2D eigenvalue weighted by Gasteiger charge is -2.11. The Morgan fingerprint density at radius 1 is 1.11 bits per heavy atom. The summed E-state index contributed by atoms with van der Waals surface area (Å²) in [5.41, 5.74) is 6.08. The Morgan fingerprint density at radius 3 is 2.56 bits per heavy atom. The molecule has 0 saturated carbocycles. The summed E-state index contributed by atoms with van der Waals surface area (Å²) in [7, 11) is 0. The minimum Gasteiger partial charge on any atom is -0.453 e. The highest BCUT2D eigenvalue weighted by atomic mass is 127. The standard InChI is InChI=1S/C12H7Cl2FINO/c13-6-1-2-7(14)11(3-6)18-12-4-8(15)9(16)5-10(12)17/h1-5H,17H2. The minimum absolute atomic E-state index is 0.206. The van der Waals surface area contributed by atoms with Gasteiger partial charge in [-0.15, -0.1) is 0 Å². The number of hydrogen-bond acceptors (Lipinski definition) is 2. The van der Waals surface area contributed by atoms with E-state index in [-0.39, 0.29) is 5.75 Å². The summed E-state index contributed by atoms with van der Waals surface area (Å²) in [6.45, 7) is 0. The van der Waals surface area contributed by atoms with Crippen LogP contribution in [0.25, 0.3) is 0 Å². The van der Waals surface area contributed by atoms with Gasteiger partial charge in [0.05, 0.1) is 14.3 Å². The smallest absolute Gasteiger partial charge is 0.153 e. The molecule has 0 aliphatic heterocycles. The summed E-state index contributed by atoms with van der Waals surface area (Å²) in [6.07, 6.45) is 0. The number of hydrogen-bond donors (Lipinski definition) is 1. The van der Waals surface area contributed by atoms with Gasteiger partial charge in [-0.3, -0.25) is 0 Å². The van der Waals surface area contributed by atoms with Crippen LogP contribution >= 0.6 is 45.8 Å². The van der Waals surface area contributed by atoms with Crippen LogP contribution in [0.1, 0.15) is 0 Å². The molecular formula is C12H7Cl2FINO. The Balaban J connectivity index is 2.40. The predicted octanol–water partition coefficient (Wildman–Crippen LogP) is 5.11. The van der Waals surface area contributed by atoms with Crippen molar-refractivity contribution < 1.29 is 9.13 Å². The predicted molar refractivity (Wildman–Crippen MR) is 80.1 cm³/mol. The van der Waals surface area contributed by atoms with Gasteiger partial charge in [0, 0.05) is 17.2 Å². The van der Waals surface area contributed by atoms with Crippen molar-refractivity contribution in [3.63, 3.8) is 0 Å². The third-order valence-electron chi connectivity index (χ3n) is 2.17. The van der Waals surface area contributed by atoms with E-state index in [2.05, 4.69) is 0 Å². The van der Waals surface area contributed by atoms with Crippen molar-refractivity contribution in [1.82, 2.24) is 0 Å². The van der Waals surface area contributed by atoms with Crippen LogP contribution in [0.15, 0.2) is 30.3 Å². The molecule has 6 heteroatoms. The highest BCUT2D eigenvalue weighted by molar-refractivity contribution is 14.1. The van der Waals surface area contributed by atoms with E-state index >= 15 is 0 Å². The Kier molecular flexibility index (Phi) is 4.19. The van der Waals surface area contributed by atoms with E-state index in [0.717, 1.165) is 0 Å². The second-order valence-corrected chi connectivity index (χ2v) is 5.49. The molecule has 0 bridgehead atoms. The average Bonchev–Trinajstić information content (AvgIpc) is 2.30. The van der Waals surface area contributed by atoms with Crippen LogP contribution in [-0.2, 0) is 0 Å². The number of ether oxygens (including phenoxy) is 1. The maximum Gasteiger partial charge on any atom is 0.153 e. The number of benzene rings is 2. The minimum atomic E-state index is -0.405. The average molecular weight is 398 g/mol. The fourth-order valence-corrected chi connectivity index (χ4v) is 2.12. The van der Waals surface area contributed by atoms with Crippen LogP contribution in [-0.4, -0.2) is 0 Å². The molecule has 18 heavy (non-hydrogen) atoms. The molecule has 0 aromatic heterocycles. The largest absolute Gasteiger partial charge is 0.453 e. The van der Waals surface area contributed by atoms with Crippen molar-refractivity contribution in [2.75, 3.05) is 5.73 Å². The Hall–Kier alpha value is -0.720. The maximum absolute atomic E-state index is 13.4. The molecule has 2 aromatic rings. The maximum atomic E-state index is 13.4. The summed E-state index contributed by atoms with van der Waals surface area (Å²) >= 11 is 13.6. The molecule has 94 valence electrons. The molecule has 0 fully saturated rings. The Labute approximate surface area is 127 Å². The van der Waals surface area contributed by atoms with Gasteiger partial charge in [0.1, 0.15) is 11.6 Å². The van der Waals surface area contributed by atoms with Gasteiger partial charge in [-0.2, -0.15) is 0 Å². The van der Waals surface area contributed by atoms with E-state index in [1.807, 2.05) is 22.6 Å². The first-order valence-electron chi connectivity index (χ1n) is 4.85. The summed E-state index contributed by atoms with van der Waals surface area (Å²) < 4.78 is 19.3. The second kappa shape index (κ2) is 5.50. The van der Waals surface area contributed by atoms with E-state index in [0.29, 0.717) is 25.1 Å². The first-order valence-corrected chi connectivity index (χ1v) is 6.68. The first-order chi connectivity index (χ1) is 8.47. The molecule has 0 saturated heterocycles. The highest BCUT2D eigenvalue weighted by Gasteiger charge is 2.10. The van der Waals surface area contributed by atoms with Gasteiger partial charge >= 0.3 is 0 Å². The van der Waals surface area contributed by atoms with Crippen molar-refractivity contribution >= 4 is 51.5 Å². The number of nitrogen functional groups attached to an aromatic ring is 1. The van der Waals surface area contributed by atoms with E-state index in [1.165, 1.54) is 12.1 Å². The normalized spacial score (nSPS) is 10.4.